The zero-order valence-corrected chi connectivity index (χ0v) is 11.3. The molecule has 0 saturated carbocycles. The molecule has 6 heteroatoms. The first kappa shape index (κ1) is 12.8. The Bertz CT molecular complexity index is 447. The van der Waals surface area contributed by atoms with Gasteiger partial charge in [0.25, 0.3) is 0 Å². The van der Waals surface area contributed by atoms with Crippen molar-refractivity contribution in [2.24, 2.45) is 0 Å². The van der Waals surface area contributed by atoms with E-state index in [2.05, 4.69) is 20.7 Å². The molecule has 0 spiro atoms. The monoisotopic (exact) mass is 311 g/mol. The molecule has 0 bridgehead atoms. The first-order chi connectivity index (χ1) is 6.94. The van der Waals surface area contributed by atoms with Gasteiger partial charge in [-0.15, -0.1) is 0 Å². The summed E-state index contributed by atoms with van der Waals surface area (Å²) in [4.78, 5) is 0. The van der Waals surface area contributed by atoms with Gasteiger partial charge in [0, 0.05) is 9.50 Å². The van der Waals surface area contributed by atoms with Crippen LogP contribution in [0.4, 0.5) is 5.69 Å². The molecule has 0 saturated heterocycles. The lowest BCUT2D eigenvalue weighted by molar-refractivity contribution is 0.600. The SMILES string of the molecule is CCCS(=O)(=O)Nc1ccc(Cl)cc1Br. The molecule has 0 heterocycles. The molecule has 0 fully saturated rings. The van der Waals surface area contributed by atoms with E-state index < -0.39 is 10.0 Å². The lowest BCUT2D eigenvalue weighted by Crippen LogP contribution is -2.16. The summed E-state index contributed by atoms with van der Waals surface area (Å²) in [5, 5.41) is 0.556. The standard InChI is InChI=1S/C9H11BrClNO2S/c1-2-5-15(13,14)12-9-4-3-7(11)6-8(9)10/h3-4,6,12H,2,5H2,1H3. The van der Waals surface area contributed by atoms with Gasteiger partial charge in [0.1, 0.15) is 0 Å². The predicted molar refractivity (Wildman–Crippen MR) is 66.9 cm³/mol. The molecular weight excluding hydrogens is 302 g/mol. The van der Waals surface area contributed by atoms with Crippen LogP contribution >= 0.6 is 27.5 Å². The minimum absolute atomic E-state index is 0.113. The summed E-state index contributed by atoms with van der Waals surface area (Å²) in [5.41, 5.74) is 0.507. The Morgan fingerprint density at radius 3 is 2.67 bits per heavy atom. The first-order valence-electron chi connectivity index (χ1n) is 4.40. The van der Waals surface area contributed by atoms with Crippen LogP contribution < -0.4 is 4.72 Å². The Labute approximate surface area is 103 Å². The fourth-order valence-corrected chi connectivity index (χ4v) is 3.13. The minimum atomic E-state index is -3.24. The van der Waals surface area contributed by atoms with E-state index in [0.717, 1.165) is 0 Å². The van der Waals surface area contributed by atoms with Gasteiger partial charge in [-0.2, -0.15) is 0 Å². The van der Waals surface area contributed by atoms with Crippen molar-refractivity contribution in [1.82, 2.24) is 0 Å². The van der Waals surface area contributed by atoms with Crippen LogP contribution in [-0.2, 0) is 10.0 Å². The van der Waals surface area contributed by atoms with E-state index in [4.69, 9.17) is 11.6 Å². The van der Waals surface area contributed by atoms with Gasteiger partial charge in [0.05, 0.1) is 11.4 Å². The van der Waals surface area contributed by atoms with Crippen LogP contribution in [0.15, 0.2) is 22.7 Å². The summed E-state index contributed by atoms with van der Waals surface area (Å²) in [7, 11) is -3.24. The van der Waals surface area contributed by atoms with Crippen LogP contribution in [-0.4, -0.2) is 14.2 Å². The summed E-state index contributed by atoms with van der Waals surface area (Å²) < 4.78 is 26.1. The Morgan fingerprint density at radius 1 is 1.47 bits per heavy atom. The van der Waals surface area contributed by atoms with Crippen molar-refractivity contribution >= 4 is 43.2 Å². The van der Waals surface area contributed by atoms with Crippen molar-refractivity contribution in [1.29, 1.82) is 0 Å². The Balaban J connectivity index is 2.90. The molecule has 1 rings (SSSR count). The molecule has 0 atom stereocenters. The second-order valence-electron chi connectivity index (χ2n) is 3.05. The molecule has 0 aliphatic carbocycles. The van der Waals surface area contributed by atoms with Gasteiger partial charge in [0.2, 0.25) is 10.0 Å². The molecule has 1 N–H and O–H groups in total. The van der Waals surface area contributed by atoms with Crippen LogP contribution in [0.1, 0.15) is 13.3 Å². The normalized spacial score (nSPS) is 11.4. The van der Waals surface area contributed by atoms with E-state index in [1.54, 1.807) is 18.2 Å². The van der Waals surface area contributed by atoms with Gasteiger partial charge >= 0.3 is 0 Å². The zero-order chi connectivity index (χ0) is 11.5. The molecule has 0 aliphatic heterocycles. The van der Waals surface area contributed by atoms with Crippen molar-refractivity contribution in [3.63, 3.8) is 0 Å². The van der Waals surface area contributed by atoms with Crippen molar-refractivity contribution in [3.8, 4) is 0 Å². The van der Waals surface area contributed by atoms with Gasteiger partial charge < -0.3 is 0 Å². The molecule has 1 aromatic carbocycles. The molecule has 0 aromatic heterocycles. The number of sulfonamides is 1. The summed E-state index contributed by atoms with van der Waals surface area (Å²) in [6.07, 6.45) is 0.584. The average molecular weight is 313 g/mol. The lowest BCUT2D eigenvalue weighted by Gasteiger charge is -2.08. The topological polar surface area (TPSA) is 46.2 Å². The maximum Gasteiger partial charge on any atom is 0.232 e. The number of hydrogen-bond donors (Lipinski definition) is 1. The molecule has 0 aliphatic rings. The van der Waals surface area contributed by atoms with Crippen LogP contribution in [0.2, 0.25) is 5.02 Å². The Kier molecular flexibility index (Phi) is 4.43. The third kappa shape index (κ3) is 4.01. The van der Waals surface area contributed by atoms with Gasteiger partial charge in [-0.25, -0.2) is 8.42 Å². The molecule has 0 amide bonds. The number of hydrogen-bond acceptors (Lipinski definition) is 2. The highest BCUT2D eigenvalue weighted by Gasteiger charge is 2.10. The largest absolute Gasteiger partial charge is 0.282 e. The minimum Gasteiger partial charge on any atom is -0.282 e. The van der Waals surface area contributed by atoms with Crippen molar-refractivity contribution in [2.75, 3.05) is 10.5 Å². The second-order valence-corrected chi connectivity index (χ2v) is 6.18. The molecule has 1 aromatic rings. The molecular formula is C9H11BrClNO2S. The summed E-state index contributed by atoms with van der Waals surface area (Å²) >= 11 is 8.98. The molecule has 0 unspecified atom stereocenters. The van der Waals surface area contributed by atoms with E-state index in [1.165, 1.54) is 0 Å². The fourth-order valence-electron chi connectivity index (χ4n) is 1.06. The third-order valence-electron chi connectivity index (χ3n) is 1.67. The number of anilines is 1. The van der Waals surface area contributed by atoms with Crippen LogP contribution in [0.25, 0.3) is 0 Å². The smallest absolute Gasteiger partial charge is 0.232 e. The zero-order valence-electron chi connectivity index (χ0n) is 8.13. The number of nitrogens with one attached hydrogen (secondary N) is 1. The quantitative estimate of drug-likeness (QED) is 0.927. The van der Waals surface area contributed by atoms with Crippen molar-refractivity contribution in [2.45, 2.75) is 13.3 Å². The highest BCUT2D eigenvalue weighted by atomic mass is 79.9. The summed E-state index contributed by atoms with van der Waals surface area (Å²) in [5.74, 6) is 0.113. The molecule has 84 valence electrons. The van der Waals surface area contributed by atoms with Crippen molar-refractivity contribution < 1.29 is 8.42 Å². The first-order valence-corrected chi connectivity index (χ1v) is 7.22. The maximum atomic E-state index is 11.5. The van der Waals surface area contributed by atoms with E-state index in [0.29, 0.717) is 21.6 Å². The average Bonchev–Trinajstić information content (AvgIpc) is 2.09. The highest BCUT2D eigenvalue weighted by Crippen LogP contribution is 2.26. The number of benzene rings is 1. The fraction of sp³-hybridized carbons (Fsp3) is 0.333. The molecule has 3 nitrogen and oxygen atoms in total. The second kappa shape index (κ2) is 5.18. The van der Waals surface area contributed by atoms with Crippen LogP contribution in [0.3, 0.4) is 0 Å². The molecule has 0 radical (unpaired) electrons. The Morgan fingerprint density at radius 2 is 2.13 bits per heavy atom. The van der Waals surface area contributed by atoms with E-state index in [1.807, 2.05) is 6.92 Å². The summed E-state index contributed by atoms with van der Waals surface area (Å²) in [6.45, 7) is 1.82. The van der Waals surface area contributed by atoms with Gasteiger partial charge in [-0.1, -0.05) is 18.5 Å². The van der Waals surface area contributed by atoms with E-state index in [9.17, 15) is 8.42 Å². The lowest BCUT2D eigenvalue weighted by atomic mass is 10.3. The maximum absolute atomic E-state index is 11.5. The van der Waals surface area contributed by atoms with Gasteiger partial charge in [-0.3, -0.25) is 4.72 Å². The van der Waals surface area contributed by atoms with E-state index in [-0.39, 0.29) is 5.75 Å². The number of halogens is 2. The predicted octanol–water partition coefficient (Wildman–Crippen LogP) is 3.25. The Hall–Kier alpha value is -0.260. The molecule has 15 heavy (non-hydrogen) atoms. The van der Waals surface area contributed by atoms with Crippen molar-refractivity contribution in [3.05, 3.63) is 27.7 Å². The summed E-state index contributed by atoms with van der Waals surface area (Å²) in [6, 6.07) is 4.90. The third-order valence-corrected chi connectivity index (χ3v) is 4.04. The highest BCUT2D eigenvalue weighted by molar-refractivity contribution is 9.10. The van der Waals surface area contributed by atoms with E-state index >= 15 is 0 Å². The van der Waals surface area contributed by atoms with Gasteiger partial charge in [-0.05, 0) is 40.5 Å². The van der Waals surface area contributed by atoms with Gasteiger partial charge in [0.15, 0.2) is 0 Å². The van der Waals surface area contributed by atoms with Crippen LogP contribution in [0.5, 0.6) is 0 Å². The number of rotatable bonds is 4. The van der Waals surface area contributed by atoms with Crippen LogP contribution in [0, 0.1) is 0 Å².